The molecule has 3 aromatic heterocycles. The van der Waals surface area contributed by atoms with E-state index in [4.69, 9.17) is 9.72 Å². The van der Waals surface area contributed by atoms with Crippen molar-refractivity contribution in [3.63, 3.8) is 0 Å². The topological polar surface area (TPSA) is 111 Å². The highest BCUT2D eigenvalue weighted by atomic mass is 19.3. The second-order valence-corrected chi connectivity index (χ2v) is 9.70. The molecule has 2 aliphatic carbocycles. The van der Waals surface area contributed by atoms with Gasteiger partial charge in [-0.2, -0.15) is 0 Å². The molecule has 3 unspecified atom stereocenters. The number of imidazole rings is 1. The summed E-state index contributed by atoms with van der Waals surface area (Å²) in [4.78, 5) is 23.0. The molecule has 2 saturated carbocycles. The number of pyridine rings is 1. The number of ether oxygens (including phenoxy) is 1. The maximum absolute atomic E-state index is 10.6. The van der Waals surface area contributed by atoms with E-state index in [2.05, 4.69) is 31.7 Å². The van der Waals surface area contributed by atoms with E-state index >= 15 is 0 Å². The van der Waals surface area contributed by atoms with Crippen molar-refractivity contribution < 1.29 is 18.3 Å². The maximum Gasteiger partial charge on any atom is 0.250 e. The predicted octanol–water partition coefficient (Wildman–Crippen LogP) is 3.81. The van der Waals surface area contributed by atoms with Gasteiger partial charge in [-0.1, -0.05) is 0 Å². The van der Waals surface area contributed by atoms with Crippen LogP contribution in [0.15, 0.2) is 18.5 Å². The normalized spacial score (nSPS) is 21.0. The summed E-state index contributed by atoms with van der Waals surface area (Å²) in [5.74, 6) is 2.80. The Labute approximate surface area is 198 Å². The summed E-state index contributed by atoms with van der Waals surface area (Å²) in [5, 5.41) is 3.90. The Morgan fingerprint density at radius 2 is 2.09 bits per heavy atom. The highest BCUT2D eigenvalue weighted by Crippen LogP contribution is 2.57. The van der Waals surface area contributed by atoms with Gasteiger partial charge in [0.25, 0.3) is 6.43 Å². The average Bonchev–Trinajstić information content (AvgIpc) is 3.40. The van der Waals surface area contributed by atoms with E-state index in [1.165, 1.54) is 24.8 Å². The molecule has 3 atom stereocenters. The molecule has 4 N–H and O–H groups in total. The van der Waals surface area contributed by atoms with E-state index in [-0.39, 0.29) is 5.60 Å². The third-order valence-electron chi connectivity index (χ3n) is 6.52. The van der Waals surface area contributed by atoms with Crippen molar-refractivity contribution in [2.45, 2.75) is 64.5 Å². The third-order valence-corrected chi connectivity index (χ3v) is 6.52. The van der Waals surface area contributed by atoms with Gasteiger partial charge in [-0.25, -0.2) is 18.7 Å². The zero-order valence-corrected chi connectivity index (χ0v) is 20.4. The summed E-state index contributed by atoms with van der Waals surface area (Å²) in [7, 11) is 1.71. The minimum atomic E-state index is -2.34. The first-order valence-electron chi connectivity index (χ1n) is 11.7. The number of H-pyrrole nitrogens is 1. The summed E-state index contributed by atoms with van der Waals surface area (Å²) in [6.07, 6.45) is 6.96. The Bertz CT molecular complexity index is 1070. The van der Waals surface area contributed by atoms with Gasteiger partial charge in [0.1, 0.15) is 17.0 Å². The molecule has 0 aromatic carbocycles. The fourth-order valence-electron chi connectivity index (χ4n) is 4.40. The number of carbonyl (C=O) groups is 1. The molecule has 0 bridgehead atoms. The minimum absolute atomic E-state index is 0.0417. The average molecular weight is 479 g/mol. The number of methoxy groups -OCH3 is 1. The van der Waals surface area contributed by atoms with Crippen LogP contribution in [0.1, 0.15) is 51.9 Å². The summed E-state index contributed by atoms with van der Waals surface area (Å²) < 4.78 is 28.7. The Balaban J connectivity index is 0.000000249. The van der Waals surface area contributed by atoms with Crippen LogP contribution in [0.5, 0.6) is 0 Å². The number of fused-ring (bicyclic) bond motifs is 4. The predicted molar refractivity (Wildman–Crippen MR) is 129 cm³/mol. The molecule has 0 aliphatic heterocycles. The molecule has 0 saturated heterocycles. The SMILES string of the molecule is COC(C)(C)C.NCC(F)F.O=CNCCc1nc2cnc3[nH]ccc3c2n1C1CC2CCC21. The van der Waals surface area contributed by atoms with Crippen molar-refractivity contribution in [2.24, 2.45) is 17.6 Å². The molecule has 8 nitrogen and oxygen atoms in total. The molecule has 3 aromatic rings. The van der Waals surface area contributed by atoms with Crippen LogP contribution in [0.4, 0.5) is 8.78 Å². The number of amides is 1. The minimum Gasteiger partial charge on any atom is -0.379 e. The van der Waals surface area contributed by atoms with Gasteiger partial charge in [0.15, 0.2) is 0 Å². The highest BCUT2D eigenvalue weighted by molar-refractivity contribution is 6.01. The molecule has 0 radical (unpaired) electrons. The Morgan fingerprint density at radius 1 is 1.38 bits per heavy atom. The number of nitrogens with zero attached hydrogens (tertiary/aromatic N) is 3. The van der Waals surface area contributed by atoms with Crippen LogP contribution in [0, 0.1) is 11.8 Å². The number of hydrogen-bond acceptors (Lipinski definition) is 5. The molecule has 2 fully saturated rings. The molecule has 34 heavy (non-hydrogen) atoms. The first kappa shape index (κ1) is 26.0. The summed E-state index contributed by atoms with van der Waals surface area (Å²) in [6, 6.07) is 2.65. The molecule has 3 heterocycles. The molecule has 188 valence electrons. The zero-order chi connectivity index (χ0) is 24.9. The van der Waals surface area contributed by atoms with Crippen LogP contribution in [-0.2, 0) is 16.0 Å². The van der Waals surface area contributed by atoms with E-state index in [1.54, 1.807) is 7.11 Å². The van der Waals surface area contributed by atoms with Gasteiger partial charge in [0.05, 0.1) is 23.9 Å². The first-order valence-corrected chi connectivity index (χ1v) is 11.7. The van der Waals surface area contributed by atoms with Gasteiger partial charge in [-0.15, -0.1) is 0 Å². The van der Waals surface area contributed by atoms with Gasteiger partial charge in [-0.3, -0.25) is 4.79 Å². The number of halogens is 2. The number of aromatic nitrogens is 4. The summed E-state index contributed by atoms with van der Waals surface area (Å²) >= 11 is 0. The standard InChI is InChI=1S/C17H19N5O.C5H12O.C2H5F2N/c23-9-18-5-4-15-21-13-8-20-17-12(3-6-19-17)16(13)22(15)14-7-10-1-2-11(10)14;1-5(2,3)6-4;3-2(4)1-5/h3,6,8-11,14H,1-2,4-5,7H2,(H,18,23)(H,19,20);1-4H3;2H,1,5H2. The lowest BCUT2D eigenvalue weighted by Gasteiger charge is -2.54. The fourth-order valence-corrected chi connectivity index (χ4v) is 4.40. The van der Waals surface area contributed by atoms with Gasteiger partial charge >= 0.3 is 0 Å². The number of nitrogens with two attached hydrogens (primary N) is 1. The first-order chi connectivity index (χ1) is 16.2. The smallest absolute Gasteiger partial charge is 0.250 e. The molecule has 0 spiro atoms. The van der Waals surface area contributed by atoms with Crippen molar-refractivity contribution in [3.8, 4) is 0 Å². The van der Waals surface area contributed by atoms with Crippen LogP contribution in [0.3, 0.4) is 0 Å². The van der Waals surface area contributed by atoms with E-state index in [1.807, 2.05) is 33.2 Å². The van der Waals surface area contributed by atoms with E-state index in [0.717, 1.165) is 47.0 Å². The van der Waals surface area contributed by atoms with Gasteiger partial charge in [-0.05, 0) is 57.9 Å². The number of rotatable bonds is 6. The number of nitrogens with one attached hydrogen (secondary N) is 2. The van der Waals surface area contributed by atoms with E-state index < -0.39 is 13.0 Å². The lowest BCUT2D eigenvalue weighted by Crippen LogP contribution is -2.46. The quantitative estimate of drug-likeness (QED) is 0.369. The van der Waals surface area contributed by atoms with Crippen LogP contribution in [-0.4, -0.2) is 58.2 Å². The highest BCUT2D eigenvalue weighted by Gasteiger charge is 2.48. The third kappa shape index (κ3) is 5.90. The summed E-state index contributed by atoms with van der Waals surface area (Å²) in [5.41, 5.74) is 7.54. The zero-order valence-electron chi connectivity index (χ0n) is 20.4. The number of hydrogen-bond donors (Lipinski definition) is 3. The number of alkyl halides is 2. The van der Waals surface area contributed by atoms with Crippen molar-refractivity contribution in [1.29, 1.82) is 0 Å². The summed E-state index contributed by atoms with van der Waals surface area (Å²) in [6.45, 7) is 6.16. The fraction of sp³-hybridized carbons (Fsp3) is 0.625. The Kier molecular flexibility index (Phi) is 8.59. The van der Waals surface area contributed by atoms with Crippen LogP contribution >= 0.6 is 0 Å². The van der Waals surface area contributed by atoms with Gasteiger partial charge < -0.3 is 25.3 Å². The van der Waals surface area contributed by atoms with E-state index in [9.17, 15) is 13.6 Å². The second kappa shape index (κ2) is 11.2. The second-order valence-electron chi connectivity index (χ2n) is 9.70. The molecular formula is C24H36F2N6O2. The van der Waals surface area contributed by atoms with Crippen LogP contribution in [0.2, 0.25) is 0 Å². The van der Waals surface area contributed by atoms with Crippen molar-refractivity contribution in [1.82, 2.24) is 24.8 Å². The lowest BCUT2D eigenvalue weighted by atomic mass is 9.56. The van der Waals surface area contributed by atoms with Crippen LogP contribution < -0.4 is 11.1 Å². The number of aromatic amines is 1. The molecule has 10 heteroatoms. The Morgan fingerprint density at radius 3 is 2.59 bits per heavy atom. The lowest BCUT2D eigenvalue weighted by molar-refractivity contribution is -0.109. The molecular weight excluding hydrogens is 442 g/mol. The largest absolute Gasteiger partial charge is 0.379 e. The van der Waals surface area contributed by atoms with Crippen LogP contribution in [0.25, 0.3) is 22.1 Å². The Hall–Kier alpha value is -2.59. The molecule has 2 aliphatic rings. The van der Waals surface area contributed by atoms with Gasteiger partial charge in [0, 0.05) is 37.7 Å². The molecule has 5 rings (SSSR count). The van der Waals surface area contributed by atoms with Crippen molar-refractivity contribution in [3.05, 3.63) is 24.3 Å². The molecule has 1 amide bonds. The van der Waals surface area contributed by atoms with Crippen molar-refractivity contribution >= 4 is 28.5 Å². The monoisotopic (exact) mass is 478 g/mol. The number of carbonyl (C=O) groups excluding carboxylic acids is 1. The van der Waals surface area contributed by atoms with Gasteiger partial charge in [0.2, 0.25) is 6.41 Å². The maximum atomic E-state index is 10.6. The van der Waals surface area contributed by atoms with Crippen molar-refractivity contribution in [2.75, 3.05) is 20.2 Å². The van der Waals surface area contributed by atoms with E-state index in [0.29, 0.717) is 12.6 Å².